The molecular weight excluding hydrogens is 406 g/mol. The number of methoxy groups -OCH3 is 1. The van der Waals surface area contributed by atoms with Gasteiger partial charge < -0.3 is 15.4 Å². The first kappa shape index (κ1) is 20.2. The maximum absolute atomic E-state index is 12.8. The van der Waals surface area contributed by atoms with Crippen LogP contribution >= 0.6 is 11.6 Å². The zero-order valence-electron chi connectivity index (χ0n) is 16.5. The molecule has 4 atom stereocenters. The van der Waals surface area contributed by atoms with E-state index in [4.69, 9.17) is 21.6 Å². The molecule has 0 aliphatic carbocycles. The zero-order chi connectivity index (χ0) is 21.3. The van der Waals surface area contributed by atoms with Crippen LogP contribution in [0, 0.1) is 17.2 Å². The van der Waals surface area contributed by atoms with Crippen LogP contribution in [-0.4, -0.2) is 48.4 Å². The van der Waals surface area contributed by atoms with Gasteiger partial charge in [0.25, 0.3) is 0 Å². The lowest BCUT2D eigenvalue weighted by molar-refractivity contribution is -0.131. The fourth-order valence-electron chi connectivity index (χ4n) is 3.95. The predicted molar refractivity (Wildman–Crippen MR) is 113 cm³/mol. The molecule has 3 heterocycles. The fourth-order valence-corrected chi connectivity index (χ4v) is 4.20. The number of hydrogen-bond donors (Lipinski definition) is 4. The van der Waals surface area contributed by atoms with E-state index in [0.717, 1.165) is 5.69 Å². The number of rotatable bonds is 5. The molecule has 10 heteroatoms. The number of halogens is 1. The Kier molecular flexibility index (Phi) is 5.63. The molecule has 0 radical (unpaired) electrons. The average Bonchev–Trinajstić information content (AvgIpc) is 3.02. The number of hydrogen-bond acceptors (Lipinski definition) is 8. The van der Waals surface area contributed by atoms with Crippen LogP contribution in [0.3, 0.4) is 0 Å². The zero-order valence-corrected chi connectivity index (χ0v) is 17.3. The maximum atomic E-state index is 12.8. The summed E-state index contributed by atoms with van der Waals surface area (Å²) in [5, 5.41) is 21.2. The van der Waals surface area contributed by atoms with E-state index in [1.165, 1.54) is 11.2 Å². The van der Waals surface area contributed by atoms with E-state index < -0.39 is 0 Å². The number of pyridine rings is 1. The Morgan fingerprint density at radius 3 is 2.87 bits per heavy atom. The molecule has 30 heavy (non-hydrogen) atoms. The van der Waals surface area contributed by atoms with Gasteiger partial charge in [-0.1, -0.05) is 17.7 Å². The lowest BCUT2D eigenvalue weighted by atomic mass is 9.88. The average molecular weight is 428 g/mol. The quantitative estimate of drug-likeness (QED) is 0.570. The third-order valence-electron chi connectivity index (χ3n) is 5.34. The second-order valence-corrected chi connectivity index (χ2v) is 7.65. The molecule has 1 aromatic heterocycles. The van der Waals surface area contributed by atoms with E-state index in [-0.39, 0.29) is 30.2 Å². The number of fused-ring (bicyclic) bond motifs is 1. The van der Waals surface area contributed by atoms with Crippen LogP contribution in [0.2, 0.25) is 5.02 Å². The summed E-state index contributed by atoms with van der Waals surface area (Å²) >= 11 is 6.26. The van der Waals surface area contributed by atoms with E-state index in [2.05, 4.69) is 32.4 Å². The molecule has 1 aromatic carbocycles. The number of carbonyl (C=O) groups is 1. The Morgan fingerprint density at radius 2 is 2.17 bits per heavy atom. The molecule has 4 unspecified atom stereocenters. The van der Waals surface area contributed by atoms with Crippen LogP contribution in [0.4, 0.5) is 11.5 Å². The van der Waals surface area contributed by atoms with Gasteiger partial charge in [0.15, 0.2) is 5.75 Å². The molecule has 2 aliphatic heterocycles. The predicted octanol–water partition coefficient (Wildman–Crippen LogP) is 1.75. The minimum absolute atomic E-state index is 0.000873. The van der Waals surface area contributed by atoms with Crippen molar-refractivity contribution in [3.05, 3.63) is 47.1 Å². The van der Waals surface area contributed by atoms with E-state index in [1.807, 2.05) is 12.1 Å². The van der Waals surface area contributed by atoms with Crippen molar-refractivity contribution in [3.8, 4) is 11.8 Å². The van der Waals surface area contributed by atoms with Gasteiger partial charge >= 0.3 is 0 Å². The number of para-hydroxylation sites is 1. The molecule has 0 saturated carbocycles. The Bertz CT molecular complexity index is 978. The topological polar surface area (TPSA) is 114 Å². The third-order valence-corrected chi connectivity index (χ3v) is 5.64. The highest BCUT2D eigenvalue weighted by molar-refractivity contribution is 6.32. The largest absolute Gasteiger partial charge is 0.493 e. The molecule has 0 spiro atoms. The highest BCUT2D eigenvalue weighted by Crippen LogP contribution is 2.36. The molecule has 9 nitrogen and oxygen atoms in total. The van der Waals surface area contributed by atoms with E-state index in [9.17, 15) is 4.79 Å². The Hall–Kier alpha value is -3.06. The van der Waals surface area contributed by atoms with E-state index in [1.54, 1.807) is 32.4 Å². The van der Waals surface area contributed by atoms with Gasteiger partial charge in [-0.3, -0.25) is 15.1 Å². The van der Waals surface area contributed by atoms with Crippen LogP contribution in [0.15, 0.2) is 36.5 Å². The Labute approximate surface area is 179 Å². The monoisotopic (exact) mass is 427 g/mol. The summed E-state index contributed by atoms with van der Waals surface area (Å²) in [6.07, 6.45) is 1.70. The molecule has 4 rings (SSSR count). The molecule has 1 amide bonds. The van der Waals surface area contributed by atoms with Gasteiger partial charge in [-0.2, -0.15) is 5.26 Å². The number of aromatic nitrogens is 1. The number of anilines is 2. The summed E-state index contributed by atoms with van der Waals surface area (Å²) in [5.41, 5.74) is 4.39. The Morgan fingerprint density at radius 1 is 1.33 bits per heavy atom. The number of hydrazine groups is 1. The van der Waals surface area contributed by atoms with Crippen molar-refractivity contribution in [1.29, 1.82) is 5.26 Å². The number of ether oxygens (including phenoxy) is 1. The van der Waals surface area contributed by atoms with Gasteiger partial charge in [0.2, 0.25) is 5.91 Å². The number of nitrogens with one attached hydrogen (secondary N) is 4. The van der Waals surface area contributed by atoms with Crippen LogP contribution in [0.5, 0.6) is 5.75 Å². The number of carbonyl (C=O) groups excluding carboxylic acids is 1. The lowest BCUT2D eigenvalue weighted by Crippen LogP contribution is -2.60. The van der Waals surface area contributed by atoms with Crippen molar-refractivity contribution in [2.45, 2.75) is 24.8 Å². The van der Waals surface area contributed by atoms with Gasteiger partial charge in [-0.15, -0.1) is 0 Å². The third kappa shape index (κ3) is 3.85. The normalized spacial score (nSPS) is 25.4. The number of amides is 1. The second kappa shape index (κ2) is 8.36. The van der Waals surface area contributed by atoms with Crippen LogP contribution < -0.4 is 26.1 Å². The number of nitriles is 1. The van der Waals surface area contributed by atoms with E-state index >= 15 is 0 Å². The van der Waals surface area contributed by atoms with Gasteiger partial charge in [0.05, 0.1) is 41.6 Å². The SMILES string of the molecule is COc1c(Cl)cccc1NC1CC(Nc2ccc(C#N)cn2)NC2NN(C)C(=O)C12. The summed E-state index contributed by atoms with van der Waals surface area (Å²) in [4.78, 5) is 17.0. The smallest absolute Gasteiger partial charge is 0.244 e. The summed E-state index contributed by atoms with van der Waals surface area (Å²) < 4.78 is 5.45. The van der Waals surface area contributed by atoms with Gasteiger partial charge in [-0.05, 0) is 24.3 Å². The van der Waals surface area contributed by atoms with Crippen molar-refractivity contribution in [2.75, 3.05) is 24.8 Å². The standard InChI is InChI=1S/C20H22ClN7O2/c1-28-20(29)17-14(24-13-5-3-4-12(21)18(13)30-2)8-16(26-19(17)27-28)25-15-7-6-11(9-22)10-23-15/h3-7,10,14,16-17,19,24,26-27H,8H2,1-2H3,(H,23,25). The first-order valence-corrected chi connectivity index (χ1v) is 9.89. The van der Waals surface area contributed by atoms with Gasteiger partial charge in [-0.25, -0.2) is 10.4 Å². The molecular formula is C20H22ClN7O2. The van der Waals surface area contributed by atoms with Crippen LogP contribution in [-0.2, 0) is 4.79 Å². The van der Waals surface area contributed by atoms with Gasteiger partial charge in [0.1, 0.15) is 11.9 Å². The summed E-state index contributed by atoms with van der Waals surface area (Å²) in [6.45, 7) is 0. The van der Waals surface area contributed by atoms with Crippen molar-refractivity contribution >= 4 is 29.0 Å². The lowest BCUT2D eigenvalue weighted by Gasteiger charge is -2.39. The van der Waals surface area contributed by atoms with Crippen molar-refractivity contribution in [1.82, 2.24) is 20.7 Å². The molecule has 2 aromatic rings. The highest BCUT2D eigenvalue weighted by atomic mass is 35.5. The number of benzene rings is 1. The van der Waals surface area contributed by atoms with Crippen molar-refractivity contribution < 1.29 is 9.53 Å². The molecule has 0 bridgehead atoms. The molecule has 2 fully saturated rings. The number of piperidine rings is 1. The van der Waals surface area contributed by atoms with Crippen molar-refractivity contribution in [2.24, 2.45) is 5.92 Å². The first-order valence-electron chi connectivity index (χ1n) is 9.51. The molecule has 2 saturated heterocycles. The molecule has 156 valence electrons. The molecule has 2 aliphatic rings. The Balaban J connectivity index is 1.57. The minimum Gasteiger partial charge on any atom is -0.493 e. The fraction of sp³-hybridized carbons (Fsp3) is 0.350. The van der Waals surface area contributed by atoms with Crippen LogP contribution in [0.1, 0.15) is 12.0 Å². The van der Waals surface area contributed by atoms with Crippen LogP contribution in [0.25, 0.3) is 0 Å². The molecule has 4 N–H and O–H groups in total. The van der Waals surface area contributed by atoms with E-state index in [0.29, 0.717) is 28.6 Å². The number of nitrogens with zero attached hydrogens (tertiary/aromatic N) is 3. The summed E-state index contributed by atoms with van der Waals surface area (Å²) in [5.74, 6) is 0.868. The van der Waals surface area contributed by atoms with Crippen molar-refractivity contribution in [3.63, 3.8) is 0 Å². The summed E-state index contributed by atoms with van der Waals surface area (Å²) in [6, 6.07) is 10.8. The highest BCUT2D eigenvalue weighted by Gasteiger charge is 2.48. The second-order valence-electron chi connectivity index (χ2n) is 7.24. The minimum atomic E-state index is -0.314. The van der Waals surface area contributed by atoms with Gasteiger partial charge in [0, 0.05) is 25.7 Å². The first-order chi connectivity index (χ1) is 14.5. The summed E-state index contributed by atoms with van der Waals surface area (Å²) in [7, 11) is 3.28. The maximum Gasteiger partial charge on any atom is 0.244 e.